The first-order chi connectivity index (χ1) is 9.86. The van der Waals surface area contributed by atoms with Crippen LogP contribution >= 0.6 is 0 Å². The molecule has 21 heavy (non-hydrogen) atoms. The quantitative estimate of drug-likeness (QED) is 0.516. The number of carbonyl (C=O) groups excluding carboxylic acids is 1. The second kappa shape index (κ2) is 5.58. The summed E-state index contributed by atoms with van der Waals surface area (Å²) in [5, 5.41) is 22.2. The molecule has 0 bridgehead atoms. The molecule has 0 aliphatic rings. The lowest BCUT2D eigenvalue weighted by Crippen LogP contribution is -2.12. The molecule has 6 nitrogen and oxygen atoms in total. The number of benzene rings is 2. The molecule has 0 aliphatic carbocycles. The van der Waals surface area contributed by atoms with E-state index < -0.39 is 22.4 Å². The van der Waals surface area contributed by atoms with E-state index in [2.05, 4.69) is 5.32 Å². The molecule has 2 aromatic carbocycles. The maximum absolute atomic E-state index is 13.2. The number of nitro benzene ring substituents is 1. The number of hydrogen-bond donors (Lipinski definition) is 2. The van der Waals surface area contributed by atoms with Crippen molar-refractivity contribution < 1.29 is 19.2 Å². The zero-order valence-electron chi connectivity index (χ0n) is 11.0. The summed E-state index contributed by atoms with van der Waals surface area (Å²) in [6.07, 6.45) is 0. The molecule has 2 aromatic rings. The van der Waals surface area contributed by atoms with Gasteiger partial charge in [-0.3, -0.25) is 14.9 Å². The maximum Gasteiger partial charge on any atom is 0.270 e. The summed E-state index contributed by atoms with van der Waals surface area (Å²) in [6.45, 7) is 1.63. The molecule has 0 atom stereocenters. The topological polar surface area (TPSA) is 92.5 Å². The lowest BCUT2D eigenvalue weighted by atomic mass is 10.1. The van der Waals surface area contributed by atoms with E-state index in [1.54, 1.807) is 6.92 Å². The van der Waals surface area contributed by atoms with Crippen LogP contribution in [0.5, 0.6) is 5.75 Å². The van der Waals surface area contributed by atoms with E-state index in [1.165, 1.54) is 18.2 Å². The molecule has 0 fully saturated rings. The number of non-ortho nitro benzene ring substituents is 1. The van der Waals surface area contributed by atoms with Crippen molar-refractivity contribution in [3.05, 3.63) is 63.5 Å². The Bertz CT molecular complexity index is 731. The standard InChI is InChI=1S/C14H11FN2O4/c1-8-4-9(6-11(5-8)17(20)21)14(19)16-10-2-3-13(18)12(15)7-10/h2-7,18H,1H3,(H,16,19). The van der Waals surface area contributed by atoms with Gasteiger partial charge in [0.15, 0.2) is 11.6 Å². The number of nitrogens with one attached hydrogen (secondary N) is 1. The van der Waals surface area contributed by atoms with Crippen molar-refractivity contribution in [1.82, 2.24) is 0 Å². The number of carbonyl (C=O) groups is 1. The summed E-state index contributed by atoms with van der Waals surface area (Å²) in [7, 11) is 0. The summed E-state index contributed by atoms with van der Waals surface area (Å²) in [5.41, 5.74) is 0.595. The van der Waals surface area contributed by atoms with Crippen molar-refractivity contribution in [3.63, 3.8) is 0 Å². The molecule has 0 heterocycles. The average molecular weight is 290 g/mol. The van der Waals surface area contributed by atoms with Crippen LogP contribution in [0.1, 0.15) is 15.9 Å². The highest BCUT2D eigenvalue weighted by atomic mass is 19.1. The molecule has 2 N–H and O–H groups in total. The maximum atomic E-state index is 13.2. The van der Waals surface area contributed by atoms with Gasteiger partial charge in [-0.1, -0.05) is 0 Å². The van der Waals surface area contributed by atoms with E-state index >= 15 is 0 Å². The van der Waals surface area contributed by atoms with Crippen LogP contribution in [0.25, 0.3) is 0 Å². The third-order valence-corrected chi connectivity index (χ3v) is 2.74. The Morgan fingerprint density at radius 2 is 2.00 bits per heavy atom. The Morgan fingerprint density at radius 3 is 2.62 bits per heavy atom. The Morgan fingerprint density at radius 1 is 1.29 bits per heavy atom. The van der Waals surface area contributed by atoms with Gasteiger partial charge in [0.25, 0.3) is 11.6 Å². The summed E-state index contributed by atoms with van der Waals surface area (Å²) in [6, 6.07) is 7.34. The van der Waals surface area contributed by atoms with Gasteiger partial charge in [-0.25, -0.2) is 4.39 Å². The molecule has 2 rings (SSSR count). The van der Waals surface area contributed by atoms with Crippen LogP contribution in [0.4, 0.5) is 15.8 Å². The zero-order chi connectivity index (χ0) is 15.6. The summed E-state index contributed by atoms with van der Waals surface area (Å²) in [4.78, 5) is 22.2. The monoisotopic (exact) mass is 290 g/mol. The van der Waals surface area contributed by atoms with Crippen LogP contribution in [0.15, 0.2) is 36.4 Å². The van der Waals surface area contributed by atoms with Crippen molar-refractivity contribution in [3.8, 4) is 5.75 Å². The van der Waals surface area contributed by atoms with Gasteiger partial charge in [-0.05, 0) is 30.7 Å². The number of aromatic hydroxyl groups is 1. The number of phenolic OH excluding ortho intramolecular Hbond substituents is 1. The number of halogens is 1. The Kier molecular flexibility index (Phi) is 3.84. The number of anilines is 1. The van der Waals surface area contributed by atoms with Gasteiger partial charge >= 0.3 is 0 Å². The Labute approximate surface area is 119 Å². The lowest BCUT2D eigenvalue weighted by Gasteiger charge is -2.07. The van der Waals surface area contributed by atoms with Gasteiger partial charge in [0.1, 0.15) is 0 Å². The highest BCUT2D eigenvalue weighted by Crippen LogP contribution is 2.21. The second-order valence-corrected chi connectivity index (χ2v) is 4.43. The Hall–Kier alpha value is -2.96. The highest BCUT2D eigenvalue weighted by Gasteiger charge is 2.14. The van der Waals surface area contributed by atoms with Crippen LogP contribution in [0, 0.1) is 22.9 Å². The SMILES string of the molecule is Cc1cc(C(=O)Nc2ccc(O)c(F)c2)cc([N+](=O)[O-])c1. The predicted molar refractivity (Wildman–Crippen MR) is 73.9 cm³/mol. The molecule has 7 heteroatoms. The molecule has 0 saturated carbocycles. The number of nitro groups is 1. The molecule has 0 aromatic heterocycles. The highest BCUT2D eigenvalue weighted by molar-refractivity contribution is 6.04. The van der Waals surface area contributed by atoms with E-state index in [-0.39, 0.29) is 16.9 Å². The minimum atomic E-state index is -0.872. The van der Waals surface area contributed by atoms with Crippen LogP contribution in [0.3, 0.4) is 0 Å². The van der Waals surface area contributed by atoms with E-state index in [9.17, 15) is 19.3 Å². The van der Waals surface area contributed by atoms with Gasteiger partial charge in [-0.2, -0.15) is 0 Å². The number of nitrogens with zero attached hydrogens (tertiary/aromatic N) is 1. The first kappa shape index (κ1) is 14.4. The van der Waals surface area contributed by atoms with Gasteiger partial charge in [-0.15, -0.1) is 0 Å². The van der Waals surface area contributed by atoms with Gasteiger partial charge < -0.3 is 10.4 Å². The van der Waals surface area contributed by atoms with Gasteiger partial charge in [0.2, 0.25) is 0 Å². The van der Waals surface area contributed by atoms with E-state index in [0.29, 0.717) is 5.56 Å². The molecular formula is C14H11FN2O4. The fraction of sp³-hybridized carbons (Fsp3) is 0.0714. The van der Waals surface area contributed by atoms with Crippen LogP contribution in [0.2, 0.25) is 0 Å². The number of aryl methyl sites for hydroxylation is 1. The summed E-state index contributed by atoms with van der Waals surface area (Å²) in [5.74, 6) is -2.01. The van der Waals surface area contributed by atoms with Crippen molar-refractivity contribution in [2.45, 2.75) is 6.92 Å². The number of amides is 1. The molecule has 0 spiro atoms. The molecular weight excluding hydrogens is 279 g/mol. The van der Waals surface area contributed by atoms with Crippen LogP contribution in [-0.2, 0) is 0 Å². The summed E-state index contributed by atoms with van der Waals surface area (Å²) < 4.78 is 13.2. The first-order valence-electron chi connectivity index (χ1n) is 5.93. The Balaban J connectivity index is 2.27. The number of rotatable bonds is 3. The van der Waals surface area contributed by atoms with E-state index in [0.717, 1.165) is 18.2 Å². The predicted octanol–water partition coefficient (Wildman–Crippen LogP) is 3.00. The third kappa shape index (κ3) is 3.33. The molecule has 1 amide bonds. The van der Waals surface area contributed by atoms with Crippen molar-refractivity contribution >= 4 is 17.3 Å². The second-order valence-electron chi connectivity index (χ2n) is 4.43. The fourth-order valence-corrected chi connectivity index (χ4v) is 1.79. The molecule has 108 valence electrons. The van der Waals surface area contributed by atoms with Crippen molar-refractivity contribution in [2.24, 2.45) is 0 Å². The summed E-state index contributed by atoms with van der Waals surface area (Å²) >= 11 is 0. The van der Waals surface area contributed by atoms with Gasteiger partial charge in [0, 0.05) is 29.4 Å². The zero-order valence-corrected chi connectivity index (χ0v) is 11.0. The van der Waals surface area contributed by atoms with Crippen LogP contribution < -0.4 is 5.32 Å². The van der Waals surface area contributed by atoms with Gasteiger partial charge in [0.05, 0.1) is 4.92 Å². The van der Waals surface area contributed by atoms with E-state index in [4.69, 9.17) is 5.11 Å². The average Bonchev–Trinajstić information content (AvgIpc) is 2.42. The van der Waals surface area contributed by atoms with Crippen LogP contribution in [-0.4, -0.2) is 15.9 Å². The number of phenols is 1. The minimum Gasteiger partial charge on any atom is -0.505 e. The fourth-order valence-electron chi connectivity index (χ4n) is 1.79. The molecule has 0 unspecified atom stereocenters. The number of hydrogen-bond acceptors (Lipinski definition) is 4. The largest absolute Gasteiger partial charge is 0.505 e. The third-order valence-electron chi connectivity index (χ3n) is 2.74. The molecule has 0 aliphatic heterocycles. The molecule has 0 radical (unpaired) electrons. The van der Waals surface area contributed by atoms with Crippen molar-refractivity contribution in [2.75, 3.05) is 5.32 Å². The lowest BCUT2D eigenvalue weighted by molar-refractivity contribution is -0.384. The van der Waals surface area contributed by atoms with Crippen molar-refractivity contribution in [1.29, 1.82) is 0 Å². The molecule has 0 saturated heterocycles. The normalized spacial score (nSPS) is 10.2. The first-order valence-corrected chi connectivity index (χ1v) is 5.93. The van der Waals surface area contributed by atoms with E-state index in [1.807, 2.05) is 0 Å². The smallest absolute Gasteiger partial charge is 0.270 e. The minimum absolute atomic E-state index is 0.0928.